The summed E-state index contributed by atoms with van der Waals surface area (Å²) in [5.74, 6) is -1.18. The molecule has 1 aromatic heterocycles. The van der Waals surface area contributed by atoms with Crippen molar-refractivity contribution in [3.8, 4) is 5.75 Å². The zero-order valence-corrected chi connectivity index (χ0v) is 15.1. The SMILES string of the molecule is O=C(/C=C/c1ccccc1)Oc1ccccc1C(=O)Nc1ncc([N+](=O)[O-])s1. The Morgan fingerprint density at radius 2 is 1.82 bits per heavy atom. The van der Waals surface area contributed by atoms with Crippen LogP contribution in [-0.2, 0) is 4.79 Å². The number of anilines is 1. The van der Waals surface area contributed by atoms with Gasteiger partial charge in [0.2, 0.25) is 0 Å². The minimum Gasteiger partial charge on any atom is -0.423 e. The van der Waals surface area contributed by atoms with Gasteiger partial charge < -0.3 is 4.74 Å². The van der Waals surface area contributed by atoms with Gasteiger partial charge in [-0.2, -0.15) is 0 Å². The van der Waals surface area contributed by atoms with Crippen LogP contribution in [0.15, 0.2) is 66.9 Å². The molecule has 1 N–H and O–H groups in total. The van der Waals surface area contributed by atoms with Crippen molar-refractivity contribution >= 4 is 39.4 Å². The van der Waals surface area contributed by atoms with E-state index in [0.29, 0.717) is 0 Å². The molecule has 28 heavy (non-hydrogen) atoms. The fourth-order valence-corrected chi connectivity index (χ4v) is 2.81. The molecule has 0 saturated heterocycles. The van der Waals surface area contributed by atoms with Gasteiger partial charge in [0.15, 0.2) is 5.13 Å². The molecule has 8 nitrogen and oxygen atoms in total. The fraction of sp³-hybridized carbons (Fsp3) is 0. The van der Waals surface area contributed by atoms with E-state index in [9.17, 15) is 19.7 Å². The van der Waals surface area contributed by atoms with Crippen LogP contribution in [0.5, 0.6) is 5.75 Å². The second-order valence-electron chi connectivity index (χ2n) is 5.38. The molecule has 1 amide bonds. The smallest absolute Gasteiger partial charge is 0.345 e. The number of para-hydroxylation sites is 1. The van der Waals surface area contributed by atoms with Crippen LogP contribution in [0.3, 0.4) is 0 Å². The number of ether oxygens (including phenoxy) is 1. The number of carbonyl (C=O) groups is 2. The number of hydrogen-bond donors (Lipinski definition) is 1. The van der Waals surface area contributed by atoms with Gasteiger partial charge in [0.25, 0.3) is 5.91 Å². The molecule has 0 aliphatic carbocycles. The predicted octanol–water partition coefficient (Wildman–Crippen LogP) is 3.92. The van der Waals surface area contributed by atoms with Crippen LogP contribution in [0, 0.1) is 10.1 Å². The van der Waals surface area contributed by atoms with E-state index < -0.39 is 16.8 Å². The lowest BCUT2D eigenvalue weighted by molar-refractivity contribution is -0.380. The normalized spacial score (nSPS) is 10.6. The van der Waals surface area contributed by atoms with Crippen molar-refractivity contribution in [1.82, 2.24) is 4.98 Å². The first kappa shape index (κ1) is 18.9. The van der Waals surface area contributed by atoms with Crippen LogP contribution < -0.4 is 10.1 Å². The van der Waals surface area contributed by atoms with Gasteiger partial charge in [-0.15, -0.1) is 0 Å². The Morgan fingerprint density at radius 1 is 1.11 bits per heavy atom. The summed E-state index contributed by atoms with van der Waals surface area (Å²) >= 11 is 0.728. The van der Waals surface area contributed by atoms with Crippen LogP contribution in [0.4, 0.5) is 10.1 Å². The average Bonchev–Trinajstić information content (AvgIpc) is 3.16. The van der Waals surface area contributed by atoms with Crippen molar-refractivity contribution in [2.45, 2.75) is 0 Å². The number of hydrogen-bond acceptors (Lipinski definition) is 7. The third kappa shape index (κ3) is 4.86. The van der Waals surface area contributed by atoms with Crippen LogP contribution in [0.1, 0.15) is 15.9 Å². The molecule has 140 valence electrons. The molecule has 0 radical (unpaired) electrons. The second-order valence-corrected chi connectivity index (χ2v) is 6.39. The summed E-state index contributed by atoms with van der Waals surface area (Å²) in [6.45, 7) is 0. The summed E-state index contributed by atoms with van der Waals surface area (Å²) in [4.78, 5) is 38.4. The monoisotopic (exact) mass is 395 g/mol. The van der Waals surface area contributed by atoms with Crippen LogP contribution in [-0.4, -0.2) is 21.8 Å². The zero-order valence-electron chi connectivity index (χ0n) is 14.3. The maximum atomic E-state index is 12.5. The maximum Gasteiger partial charge on any atom is 0.345 e. The topological polar surface area (TPSA) is 111 Å². The molecule has 0 atom stereocenters. The third-order valence-corrected chi connectivity index (χ3v) is 4.31. The van der Waals surface area contributed by atoms with E-state index >= 15 is 0 Å². The number of nitrogens with zero attached hydrogens (tertiary/aromatic N) is 2. The van der Waals surface area contributed by atoms with Crippen molar-refractivity contribution < 1.29 is 19.2 Å². The molecule has 0 saturated carbocycles. The highest BCUT2D eigenvalue weighted by Gasteiger charge is 2.18. The van der Waals surface area contributed by atoms with Crippen LogP contribution in [0.2, 0.25) is 0 Å². The lowest BCUT2D eigenvalue weighted by atomic mass is 10.2. The van der Waals surface area contributed by atoms with Gasteiger partial charge in [0.05, 0.1) is 10.5 Å². The minimum absolute atomic E-state index is 0.0637. The molecule has 3 aromatic rings. The summed E-state index contributed by atoms with van der Waals surface area (Å²) in [5, 5.41) is 13.0. The quantitative estimate of drug-likeness (QED) is 0.223. The van der Waals surface area contributed by atoms with Crippen molar-refractivity contribution in [2.24, 2.45) is 0 Å². The van der Waals surface area contributed by atoms with E-state index in [-0.39, 0.29) is 21.4 Å². The molecule has 0 unspecified atom stereocenters. The van der Waals surface area contributed by atoms with Crippen LogP contribution in [0.25, 0.3) is 6.08 Å². The minimum atomic E-state index is -0.644. The number of nitrogens with one attached hydrogen (secondary N) is 1. The lowest BCUT2D eigenvalue weighted by Crippen LogP contribution is -2.15. The van der Waals surface area contributed by atoms with Gasteiger partial charge >= 0.3 is 11.0 Å². The van der Waals surface area contributed by atoms with Gasteiger partial charge in [-0.05, 0) is 35.1 Å². The predicted molar refractivity (Wildman–Crippen MR) is 104 cm³/mol. The number of benzene rings is 2. The molecule has 0 aliphatic rings. The summed E-state index contributed by atoms with van der Waals surface area (Å²) in [6.07, 6.45) is 3.91. The van der Waals surface area contributed by atoms with E-state index in [4.69, 9.17) is 4.74 Å². The van der Waals surface area contributed by atoms with Gasteiger partial charge in [-0.1, -0.05) is 42.5 Å². The Kier molecular flexibility index (Phi) is 5.87. The van der Waals surface area contributed by atoms with Gasteiger partial charge in [0, 0.05) is 6.08 Å². The first-order chi connectivity index (χ1) is 13.5. The Bertz CT molecular complexity index is 1050. The third-order valence-electron chi connectivity index (χ3n) is 3.45. The van der Waals surface area contributed by atoms with Crippen molar-refractivity contribution in [3.05, 3.63) is 88.1 Å². The van der Waals surface area contributed by atoms with Gasteiger partial charge in [-0.3, -0.25) is 20.2 Å². The zero-order chi connectivity index (χ0) is 19.9. The molecular weight excluding hydrogens is 382 g/mol. The van der Waals surface area contributed by atoms with Crippen molar-refractivity contribution in [3.63, 3.8) is 0 Å². The summed E-state index contributed by atoms with van der Waals surface area (Å²) in [7, 11) is 0. The molecule has 0 aliphatic heterocycles. The number of rotatable bonds is 6. The lowest BCUT2D eigenvalue weighted by Gasteiger charge is -2.08. The second kappa shape index (κ2) is 8.69. The Balaban J connectivity index is 1.71. The Labute approximate surface area is 163 Å². The largest absolute Gasteiger partial charge is 0.423 e. The summed E-state index contributed by atoms with van der Waals surface area (Å²) < 4.78 is 5.26. The molecule has 0 bridgehead atoms. The Hall–Kier alpha value is -3.85. The van der Waals surface area contributed by atoms with Crippen molar-refractivity contribution in [2.75, 3.05) is 5.32 Å². The first-order valence-corrected chi connectivity index (χ1v) is 8.80. The Morgan fingerprint density at radius 3 is 2.54 bits per heavy atom. The number of esters is 1. The van der Waals surface area contributed by atoms with E-state index in [1.807, 2.05) is 30.3 Å². The van der Waals surface area contributed by atoms with E-state index in [1.54, 1.807) is 18.2 Å². The van der Waals surface area contributed by atoms with Crippen molar-refractivity contribution in [1.29, 1.82) is 0 Å². The summed E-state index contributed by atoms with van der Waals surface area (Å²) in [6, 6.07) is 15.4. The highest BCUT2D eigenvalue weighted by atomic mass is 32.1. The first-order valence-electron chi connectivity index (χ1n) is 7.98. The molecule has 0 fully saturated rings. The van der Waals surface area contributed by atoms with Gasteiger partial charge in [0.1, 0.15) is 11.9 Å². The molecule has 1 heterocycles. The highest BCUT2D eigenvalue weighted by Crippen LogP contribution is 2.26. The fourth-order valence-electron chi connectivity index (χ4n) is 2.19. The molecule has 9 heteroatoms. The molecule has 0 spiro atoms. The number of carbonyl (C=O) groups excluding carboxylic acids is 2. The number of nitro groups is 1. The van der Waals surface area contributed by atoms with E-state index in [2.05, 4.69) is 10.3 Å². The number of thiazole rings is 1. The number of aromatic nitrogens is 1. The van der Waals surface area contributed by atoms with E-state index in [0.717, 1.165) is 23.1 Å². The standard InChI is InChI=1S/C19H13N3O5S/c23-17(11-10-13-6-2-1-3-7-13)27-15-9-5-4-8-14(15)18(24)21-19-20-12-16(28-19)22(25)26/h1-12H,(H,20,21,24)/b11-10+. The van der Waals surface area contributed by atoms with Crippen LogP contribution >= 0.6 is 11.3 Å². The molecular formula is C19H13N3O5S. The van der Waals surface area contributed by atoms with Gasteiger partial charge in [-0.25, -0.2) is 9.78 Å². The highest BCUT2D eigenvalue weighted by molar-refractivity contribution is 7.18. The maximum absolute atomic E-state index is 12.5. The van der Waals surface area contributed by atoms with E-state index in [1.165, 1.54) is 18.2 Å². The number of amides is 1. The average molecular weight is 395 g/mol. The molecule has 3 rings (SSSR count). The summed E-state index contributed by atoms with van der Waals surface area (Å²) in [5.41, 5.74) is 0.928. The molecule has 2 aromatic carbocycles.